The Labute approximate surface area is 91.2 Å². The summed E-state index contributed by atoms with van der Waals surface area (Å²) in [5, 5.41) is 3.41. The molecule has 1 nitrogen and oxygen atoms in total. The van der Waals surface area contributed by atoms with E-state index in [2.05, 4.69) is 25.0 Å². The first-order chi connectivity index (χ1) is 7.31. The number of aryl methyl sites for hydroxylation is 1. The minimum Gasteiger partial charge on any atom is -0.388 e. The lowest BCUT2D eigenvalue weighted by atomic mass is 9.98. The third-order valence-electron chi connectivity index (χ3n) is 3.82. The highest BCUT2D eigenvalue weighted by molar-refractivity contribution is 5.79. The maximum Gasteiger partial charge on any atom is 0.0411 e. The molecule has 78 valence electrons. The smallest absolute Gasteiger partial charge is 0.0411 e. The van der Waals surface area contributed by atoms with Gasteiger partial charge in [-0.2, -0.15) is 0 Å². The number of anilines is 1. The van der Waals surface area contributed by atoms with Gasteiger partial charge < -0.3 is 5.32 Å². The van der Waals surface area contributed by atoms with E-state index in [0.29, 0.717) is 0 Å². The molecule has 1 N–H and O–H groups in total. The van der Waals surface area contributed by atoms with Gasteiger partial charge in [0, 0.05) is 12.7 Å². The summed E-state index contributed by atoms with van der Waals surface area (Å²) in [7, 11) is 2.05. The predicted molar refractivity (Wildman–Crippen MR) is 65.4 cm³/mol. The Morgan fingerprint density at radius 2 is 2.00 bits per heavy atom. The number of allylic oxidation sites excluding steroid dienone is 1. The largest absolute Gasteiger partial charge is 0.388 e. The average molecular weight is 199 g/mol. The average Bonchev–Trinajstić information content (AvgIpc) is 2.83. The lowest BCUT2D eigenvalue weighted by Crippen LogP contribution is -2.00. The van der Waals surface area contributed by atoms with E-state index in [1.807, 2.05) is 0 Å². The number of benzene rings is 1. The summed E-state index contributed by atoms with van der Waals surface area (Å²) >= 11 is 0. The zero-order chi connectivity index (χ0) is 10.4. The van der Waals surface area contributed by atoms with Crippen LogP contribution in [-0.4, -0.2) is 7.05 Å². The molecule has 1 aromatic carbocycles. The molecule has 15 heavy (non-hydrogen) atoms. The van der Waals surface area contributed by atoms with Crippen LogP contribution in [0, 0.1) is 0 Å². The van der Waals surface area contributed by atoms with Crippen LogP contribution >= 0.6 is 0 Å². The van der Waals surface area contributed by atoms with E-state index in [-0.39, 0.29) is 0 Å². The highest BCUT2D eigenvalue weighted by Gasteiger charge is 2.24. The van der Waals surface area contributed by atoms with E-state index in [1.165, 1.54) is 48.1 Å². The molecular weight excluding hydrogens is 182 g/mol. The van der Waals surface area contributed by atoms with Crippen LogP contribution in [0.5, 0.6) is 0 Å². The van der Waals surface area contributed by atoms with Crippen molar-refractivity contribution >= 4 is 11.3 Å². The fourth-order valence-electron chi connectivity index (χ4n) is 3.08. The predicted octanol–water partition coefficient (Wildman–Crippen LogP) is 3.18. The second-order valence-corrected chi connectivity index (χ2v) is 4.62. The highest BCUT2D eigenvalue weighted by Crippen LogP contribution is 2.41. The van der Waals surface area contributed by atoms with Gasteiger partial charge in [-0.3, -0.25) is 0 Å². The molecule has 0 atom stereocenters. The molecule has 2 aliphatic rings. The molecule has 1 heteroatoms. The molecule has 0 saturated carbocycles. The van der Waals surface area contributed by atoms with Gasteiger partial charge in [-0.15, -0.1) is 0 Å². The molecule has 1 aromatic rings. The van der Waals surface area contributed by atoms with Crippen molar-refractivity contribution in [3.05, 3.63) is 34.9 Å². The van der Waals surface area contributed by atoms with Crippen molar-refractivity contribution < 1.29 is 0 Å². The van der Waals surface area contributed by atoms with Gasteiger partial charge >= 0.3 is 0 Å². The Bertz CT molecular complexity index is 443. The maximum atomic E-state index is 4.17. The lowest BCUT2D eigenvalue weighted by molar-refractivity contribution is 0.911. The van der Waals surface area contributed by atoms with Gasteiger partial charge in [0.25, 0.3) is 0 Å². The third kappa shape index (κ3) is 1.16. The maximum absolute atomic E-state index is 4.17. The molecular formula is C14H17N. The molecule has 0 aliphatic heterocycles. The van der Waals surface area contributed by atoms with Crippen molar-refractivity contribution in [3.63, 3.8) is 0 Å². The normalized spacial score (nSPS) is 17.8. The second-order valence-electron chi connectivity index (χ2n) is 4.62. The van der Waals surface area contributed by atoms with E-state index in [9.17, 15) is 0 Å². The van der Waals surface area contributed by atoms with Crippen LogP contribution in [0.1, 0.15) is 35.1 Å². The van der Waals surface area contributed by atoms with E-state index in [0.717, 1.165) is 6.42 Å². The van der Waals surface area contributed by atoms with Gasteiger partial charge in [-0.05, 0) is 59.9 Å². The van der Waals surface area contributed by atoms with Gasteiger partial charge in [0.1, 0.15) is 0 Å². The van der Waals surface area contributed by atoms with Crippen molar-refractivity contribution in [2.45, 2.75) is 32.1 Å². The van der Waals surface area contributed by atoms with Gasteiger partial charge in [-0.1, -0.05) is 12.6 Å². The number of fused-ring (bicyclic) bond motifs is 2. The first-order valence-corrected chi connectivity index (χ1v) is 5.85. The fourth-order valence-corrected chi connectivity index (χ4v) is 3.08. The molecule has 0 spiro atoms. The van der Waals surface area contributed by atoms with E-state index >= 15 is 0 Å². The molecule has 0 unspecified atom stereocenters. The number of nitrogens with one attached hydrogen (secondary N) is 1. The molecule has 0 saturated heterocycles. The quantitative estimate of drug-likeness (QED) is 0.732. The van der Waals surface area contributed by atoms with Crippen LogP contribution in [0.15, 0.2) is 12.6 Å². The molecule has 2 aliphatic carbocycles. The summed E-state index contributed by atoms with van der Waals surface area (Å²) in [5.74, 6) is 0. The molecule has 0 radical (unpaired) electrons. The first-order valence-electron chi connectivity index (χ1n) is 5.85. The molecule has 0 heterocycles. The summed E-state index contributed by atoms with van der Waals surface area (Å²) in [6.07, 6.45) is 6.15. The number of hydrogen-bond donors (Lipinski definition) is 1. The minimum atomic E-state index is 1.15. The van der Waals surface area contributed by atoms with Crippen LogP contribution in [-0.2, 0) is 19.3 Å². The molecule has 0 aromatic heterocycles. The summed E-state index contributed by atoms with van der Waals surface area (Å²) in [5.41, 5.74) is 8.82. The Kier molecular flexibility index (Phi) is 1.88. The number of rotatable bonds is 1. The molecule has 3 rings (SSSR count). The van der Waals surface area contributed by atoms with E-state index < -0.39 is 0 Å². The van der Waals surface area contributed by atoms with Crippen LogP contribution in [0.3, 0.4) is 0 Å². The Balaban J connectivity index is 2.28. The standard InChI is InChI=1S/C14H17N/c1-9-6-7-12-13(9)8-10-4-3-5-11(10)14(12)15-2/h8,15H,1,3-7H2,2H3. The summed E-state index contributed by atoms with van der Waals surface area (Å²) in [6, 6.07) is 2.40. The zero-order valence-corrected chi connectivity index (χ0v) is 9.32. The Morgan fingerprint density at radius 1 is 1.13 bits per heavy atom. The summed E-state index contributed by atoms with van der Waals surface area (Å²) in [6.45, 7) is 4.17. The SMILES string of the molecule is C=C1CCc2c1cc1c(c2NC)CCC1. The van der Waals surface area contributed by atoms with Crippen molar-refractivity contribution in [2.75, 3.05) is 12.4 Å². The monoisotopic (exact) mass is 199 g/mol. The minimum absolute atomic E-state index is 1.15. The van der Waals surface area contributed by atoms with Crippen molar-refractivity contribution in [2.24, 2.45) is 0 Å². The molecule has 0 bridgehead atoms. The summed E-state index contributed by atoms with van der Waals surface area (Å²) in [4.78, 5) is 0. The second kappa shape index (κ2) is 3.13. The zero-order valence-electron chi connectivity index (χ0n) is 9.32. The van der Waals surface area contributed by atoms with Gasteiger partial charge in [0.2, 0.25) is 0 Å². The Hall–Kier alpha value is -1.24. The highest BCUT2D eigenvalue weighted by atomic mass is 14.8. The van der Waals surface area contributed by atoms with E-state index in [1.54, 1.807) is 11.1 Å². The number of hydrogen-bond acceptors (Lipinski definition) is 1. The Morgan fingerprint density at radius 3 is 2.80 bits per heavy atom. The third-order valence-corrected chi connectivity index (χ3v) is 3.82. The molecule has 0 fully saturated rings. The summed E-state index contributed by atoms with van der Waals surface area (Å²) < 4.78 is 0. The lowest BCUT2D eigenvalue weighted by Gasteiger charge is -2.14. The van der Waals surface area contributed by atoms with E-state index in [4.69, 9.17) is 0 Å². The van der Waals surface area contributed by atoms with Crippen LogP contribution < -0.4 is 5.32 Å². The van der Waals surface area contributed by atoms with Crippen molar-refractivity contribution in [1.82, 2.24) is 0 Å². The van der Waals surface area contributed by atoms with Crippen molar-refractivity contribution in [1.29, 1.82) is 0 Å². The van der Waals surface area contributed by atoms with Crippen LogP contribution in [0.25, 0.3) is 5.57 Å². The van der Waals surface area contributed by atoms with Gasteiger partial charge in [0.15, 0.2) is 0 Å². The van der Waals surface area contributed by atoms with Gasteiger partial charge in [0.05, 0.1) is 0 Å². The van der Waals surface area contributed by atoms with Crippen LogP contribution in [0.2, 0.25) is 0 Å². The van der Waals surface area contributed by atoms with Crippen molar-refractivity contribution in [3.8, 4) is 0 Å². The molecule has 0 amide bonds. The first kappa shape index (κ1) is 9.02. The van der Waals surface area contributed by atoms with Gasteiger partial charge in [-0.25, -0.2) is 0 Å². The fraction of sp³-hybridized carbons (Fsp3) is 0.429. The van der Waals surface area contributed by atoms with Crippen LogP contribution in [0.4, 0.5) is 5.69 Å². The topological polar surface area (TPSA) is 12.0 Å².